The van der Waals surface area contributed by atoms with Crippen LogP contribution >= 0.6 is 23.5 Å². The number of rotatable bonds is 7. The number of unbranched alkanes of at least 4 members (excludes halogenated alkanes) is 1. The maximum atomic E-state index is 8.77. The Labute approximate surface area is 163 Å². The molecule has 1 aromatic heterocycles. The molecule has 0 aliphatic carbocycles. The van der Waals surface area contributed by atoms with Gasteiger partial charge in [-0.15, -0.1) is 23.5 Å². The Hall–Kier alpha value is -2.16. The number of nitriles is 1. The van der Waals surface area contributed by atoms with Gasteiger partial charge < -0.3 is 5.73 Å². The third kappa shape index (κ3) is 4.32. The smallest absolute Gasteiger partial charge is 0.107 e. The van der Waals surface area contributed by atoms with Crippen molar-refractivity contribution in [2.45, 2.75) is 24.3 Å². The molecule has 1 aromatic carbocycles. The molecule has 0 saturated carbocycles. The van der Waals surface area contributed by atoms with Crippen molar-refractivity contribution in [3.05, 3.63) is 60.3 Å². The monoisotopic (exact) mass is 379 g/mol. The van der Waals surface area contributed by atoms with E-state index in [0.717, 1.165) is 51.8 Å². The molecule has 3 nitrogen and oxygen atoms in total. The second kappa shape index (κ2) is 8.98. The molecule has 0 atom stereocenters. The highest BCUT2D eigenvalue weighted by Gasteiger charge is 2.19. The summed E-state index contributed by atoms with van der Waals surface area (Å²) in [6.07, 6.45) is 4.72. The highest BCUT2D eigenvalue weighted by atomic mass is 32.2. The summed E-state index contributed by atoms with van der Waals surface area (Å²) in [7, 11) is 0. The molecular weight excluding hydrogens is 358 g/mol. The van der Waals surface area contributed by atoms with Gasteiger partial charge >= 0.3 is 0 Å². The predicted octanol–water partition coefficient (Wildman–Crippen LogP) is 5.55. The lowest BCUT2D eigenvalue weighted by atomic mass is 9.99. The maximum absolute atomic E-state index is 8.77. The highest BCUT2D eigenvalue weighted by molar-refractivity contribution is 8.08. The molecule has 2 aromatic rings. The van der Waals surface area contributed by atoms with Gasteiger partial charge in [0, 0.05) is 34.1 Å². The second-order valence-corrected chi connectivity index (χ2v) is 8.16. The fraction of sp³-hybridized carbons (Fsp3) is 0.238. The van der Waals surface area contributed by atoms with Crippen molar-refractivity contribution in [3.8, 4) is 17.2 Å². The lowest BCUT2D eigenvalue weighted by molar-refractivity contribution is 0.975. The first kappa shape index (κ1) is 18.6. The fourth-order valence-corrected chi connectivity index (χ4v) is 4.80. The Kier molecular flexibility index (Phi) is 6.43. The van der Waals surface area contributed by atoms with E-state index in [9.17, 15) is 0 Å². The van der Waals surface area contributed by atoms with Gasteiger partial charge in [-0.2, -0.15) is 5.26 Å². The number of benzene rings is 1. The van der Waals surface area contributed by atoms with Crippen LogP contribution in [-0.2, 0) is 0 Å². The Balaban J connectivity index is 2.09. The zero-order valence-electron chi connectivity index (χ0n) is 14.6. The summed E-state index contributed by atoms with van der Waals surface area (Å²) < 4.78 is 0. The molecule has 0 amide bonds. The summed E-state index contributed by atoms with van der Waals surface area (Å²) >= 11 is 3.50. The maximum Gasteiger partial charge on any atom is 0.107 e. The van der Waals surface area contributed by atoms with Crippen LogP contribution in [-0.4, -0.2) is 16.5 Å². The molecule has 1 aliphatic rings. The van der Waals surface area contributed by atoms with Crippen LogP contribution in [0.3, 0.4) is 0 Å². The molecule has 132 valence electrons. The van der Waals surface area contributed by atoms with Crippen LogP contribution in [0.15, 0.2) is 54.1 Å². The first-order chi connectivity index (χ1) is 12.7. The van der Waals surface area contributed by atoms with Gasteiger partial charge in [0.2, 0.25) is 0 Å². The predicted molar refractivity (Wildman–Crippen MR) is 114 cm³/mol. The van der Waals surface area contributed by atoms with Crippen LogP contribution in [0.2, 0.25) is 0 Å². The first-order valence-electron chi connectivity index (χ1n) is 8.59. The minimum Gasteiger partial charge on any atom is -0.399 e. The molecule has 0 bridgehead atoms. The van der Waals surface area contributed by atoms with Gasteiger partial charge in [-0.3, -0.25) is 0 Å². The van der Waals surface area contributed by atoms with E-state index in [1.807, 2.05) is 30.0 Å². The van der Waals surface area contributed by atoms with E-state index in [0.29, 0.717) is 12.1 Å². The van der Waals surface area contributed by atoms with Gasteiger partial charge in [-0.05, 0) is 30.0 Å². The summed E-state index contributed by atoms with van der Waals surface area (Å²) in [4.78, 5) is 6.14. The van der Waals surface area contributed by atoms with Crippen molar-refractivity contribution in [3.63, 3.8) is 0 Å². The Morgan fingerprint density at radius 3 is 2.81 bits per heavy atom. The number of nitrogens with two attached hydrogens (primary N) is 1. The van der Waals surface area contributed by atoms with Gasteiger partial charge in [0.25, 0.3) is 0 Å². The van der Waals surface area contributed by atoms with Crippen LogP contribution in [0, 0.1) is 11.3 Å². The van der Waals surface area contributed by atoms with Crippen LogP contribution in [0.4, 0.5) is 0 Å². The molecule has 0 spiro atoms. The molecule has 0 saturated heterocycles. The minimum atomic E-state index is 0.527. The third-order valence-corrected chi connectivity index (χ3v) is 6.21. The first-order valence-corrected chi connectivity index (χ1v) is 10.6. The standard InChI is InChI=1S/C21H21N3S2/c1-15(23)20-17(16-8-3-2-4-9-16)14-18(19-10-7-13-25-19)24-21(20)26-12-6-5-11-22/h2-4,8-10,14H,1,5-7,12-13,23H2. The van der Waals surface area contributed by atoms with Crippen molar-refractivity contribution in [1.29, 1.82) is 5.26 Å². The Morgan fingerprint density at radius 2 is 2.15 bits per heavy atom. The summed E-state index contributed by atoms with van der Waals surface area (Å²) in [5, 5.41) is 9.67. The van der Waals surface area contributed by atoms with Gasteiger partial charge in [0.05, 0.1) is 11.8 Å². The molecule has 26 heavy (non-hydrogen) atoms. The van der Waals surface area contributed by atoms with E-state index < -0.39 is 0 Å². The molecule has 2 heterocycles. The van der Waals surface area contributed by atoms with E-state index in [1.165, 1.54) is 4.91 Å². The number of hydrogen-bond acceptors (Lipinski definition) is 5. The lowest BCUT2D eigenvalue weighted by Crippen LogP contribution is -2.04. The van der Waals surface area contributed by atoms with E-state index in [2.05, 4.69) is 36.9 Å². The van der Waals surface area contributed by atoms with Gasteiger partial charge in [0.1, 0.15) is 5.03 Å². The summed E-state index contributed by atoms with van der Waals surface area (Å²) in [6.45, 7) is 4.00. The van der Waals surface area contributed by atoms with Crippen molar-refractivity contribution in [2.75, 3.05) is 11.5 Å². The van der Waals surface area contributed by atoms with Crippen molar-refractivity contribution in [2.24, 2.45) is 5.73 Å². The normalized spacial score (nSPS) is 13.3. The molecule has 1 aliphatic heterocycles. The van der Waals surface area contributed by atoms with Crippen molar-refractivity contribution >= 4 is 34.1 Å². The largest absolute Gasteiger partial charge is 0.399 e. The summed E-state index contributed by atoms with van der Waals surface area (Å²) in [6, 6.07) is 14.6. The Morgan fingerprint density at radius 1 is 1.35 bits per heavy atom. The average molecular weight is 380 g/mol. The average Bonchev–Trinajstić information content (AvgIpc) is 3.20. The number of nitrogens with zero attached hydrogens (tertiary/aromatic N) is 2. The highest BCUT2D eigenvalue weighted by Crippen LogP contribution is 2.39. The van der Waals surface area contributed by atoms with Crippen LogP contribution in [0.25, 0.3) is 21.7 Å². The molecule has 5 heteroatoms. The quantitative estimate of drug-likeness (QED) is 0.504. The second-order valence-electron chi connectivity index (χ2n) is 5.94. The SMILES string of the molecule is C=C(N)c1c(-c2ccccc2)cc(C2=CCCS2)nc1SCCCC#N. The molecular formula is C21H21N3S2. The van der Waals surface area contributed by atoms with E-state index in [4.69, 9.17) is 16.0 Å². The third-order valence-electron chi connectivity index (χ3n) is 4.02. The lowest BCUT2D eigenvalue weighted by Gasteiger charge is -2.16. The topological polar surface area (TPSA) is 62.7 Å². The van der Waals surface area contributed by atoms with Crippen LogP contribution < -0.4 is 5.73 Å². The summed E-state index contributed by atoms with van der Waals surface area (Å²) in [5.41, 5.74) is 10.8. The van der Waals surface area contributed by atoms with Crippen LogP contribution in [0.5, 0.6) is 0 Å². The zero-order valence-corrected chi connectivity index (χ0v) is 16.2. The minimum absolute atomic E-state index is 0.527. The van der Waals surface area contributed by atoms with Crippen LogP contribution in [0.1, 0.15) is 30.5 Å². The number of pyridine rings is 1. The zero-order chi connectivity index (χ0) is 18.4. The van der Waals surface area contributed by atoms with E-state index in [1.54, 1.807) is 11.8 Å². The number of aromatic nitrogens is 1. The van der Waals surface area contributed by atoms with Crippen molar-refractivity contribution in [1.82, 2.24) is 4.98 Å². The van der Waals surface area contributed by atoms with Crippen molar-refractivity contribution < 1.29 is 0 Å². The fourth-order valence-electron chi connectivity index (χ4n) is 2.82. The Bertz CT molecular complexity index is 867. The number of thioether (sulfide) groups is 2. The molecule has 3 rings (SSSR count). The van der Waals surface area contributed by atoms with Gasteiger partial charge in [-0.1, -0.05) is 43.0 Å². The van der Waals surface area contributed by atoms with Gasteiger partial charge in [-0.25, -0.2) is 4.98 Å². The van der Waals surface area contributed by atoms with E-state index in [-0.39, 0.29) is 0 Å². The summed E-state index contributed by atoms with van der Waals surface area (Å²) in [5.74, 6) is 1.94. The molecule has 0 fully saturated rings. The molecule has 0 radical (unpaired) electrons. The molecule has 0 unspecified atom stereocenters. The number of allylic oxidation sites excluding steroid dienone is 1. The van der Waals surface area contributed by atoms with E-state index >= 15 is 0 Å². The number of hydrogen-bond donors (Lipinski definition) is 1. The molecule has 2 N–H and O–H groups in total. The van der Waals surface area contributed by atoms with Gasteiger partial charge in [0.15, 0.2) is 0 Å².